The van der Waals surface area contributed by atoms with E-state index < -0.39 is 36.4 Å². The van der Waals surface area contributed by atoms with Crippen LogP contribution in [0.4, 0.5) is 0 Å². The van der Waals surface area contributed by atoms with E-state index in [9.17, 15) is 19.2 Å². The largest absolute Gasteiger partial charge is 0.465 e. The van der Waals surface area contributed by atoms with Crippen LogP contribution in [-0.4, -0.2) is 67.8 Å². The zero-order chi connectivity index (χ0) is 22.8. The van der Waals surface area contributed by atoms with Crippen LogP contribution in [0.5, 0.6) is 0 Å². The van der Waals surface area contributed by atoms with Gasteiger partial charge in [-0.1, -0.05) is 13.3 Å². The predicted molar refractivity (Wildman–Crippen MR) is 110 cm³/mol. The van der Waals surface area contributed by atoms with E-state index in [1.807, 2.05) is 6.92 Å². The highest BCUT2D eigenvalue weighted by Gasteiger charge is 2.46. The van der Waals surface area contributed by atoms with Gasteiger partial charge in [0, 0.05) is 25.0 Å². The van der Waals surface area contributed by atoms with Gasteiger partial charge >= 0.3 is 17.9 Å². The summed E-state index contributed by atoms with van der Waals surface area (Å²) in [5.41, 5.74) is 0.532. The summed E-state index contributed by atoms with van der Waals surface area (Å²) in [4.78, 5) is 56.0. The van der Waals surface area contributed by atoms with Crippen LogP contribution in [0.2, 0.25) is 0 Å². The first-order valence-corrected chi connectivity index (χ1v) is 10.2. The normalized spacial score (nSPS) is 18.4. The summed E-state index contributed by atoms with van der Waals surface area (Å²) < 4.78 is 15.4. The molecule has 0 radical (unpaired) electrons. The highest BCUT2D eigenvalue weighted by atomic mass is 16.5. The van der Waals surface area contributed by atoms with Gasteiger partial charge in [-0.05, 0) is 34.1 Å². The number of carbonyl (C=O) groups is 4. The van der Waals surface area contributed by atoms with E-state index in [1.54, 1.807) is 34.7 Å². The summed E-state index contributed by atoms with van der Waals surface area (Å²) in [6, 6.07) is 0. The SMILES string of the molecule is CCCCN(C)C(=O)COC(=O)[C@@H]1C(C(=O)OCC)=C(C)N=C(C)C1C(=O)OCC. The minimum Gasteiger partial charge on any atom is -0.465 e. The van der Waals surface area contributed by atoms with Crippen molar-refractivity contribution in [2.75, 3.05) is 33.4 Å². The van der Waals surface area contributed by atoms with Gasteiger partial charge in [0.2, 0.25) is 0 Å². The first-order valence-electron chi connectivity index (χ1n) is 10.2. The molecule has 168 valence electrons. The molecule has 0 saturated carbocycles. The Kier molecular flexibility index (Phi) is 10.2. The zero-order valence-electron chi connectivity index (χ0n) is 18.6. The maximum atomic E-state index is 13.0. The van der Waals surface area contributed by atoms with E-state index in [-0.39, 0.29) is 30.4 Å². The molecule has 0 aromatic rings. The number of ether oxygens (including phenoxy) is 3. The van der Waals surface area contributed by atoms with Crippen molar-refractivity contribution >= 4 is 29.5 Å². The first-order chi connectivity index (χ1) is 14.2. The molecule has 1 amide bonds. The lowest BCUT2D eigenvalue weighted by Crippen LogP contribution is -2.43. The molecule has 0 spiro atoms. The number of unbranched alkanes of at least 4 members (excludes halogenated alkanes) is 1. The van der Waals surface area contributed by atoms with E-state index >= 15 is 0 Å². The van der Waals surface area contributed by atoms with Crippen molar-refractivity contribution in [1.29, 1.82) is 0 Å². The fraction of sp³-hybridized carbons (Fsp3) is 0.667. The Morgan fingerprint density at radius 2 is 1.53 bits per heavy atom. The fourth-order valence-corrected chi connectivity index (χ4v) is 3.16. The summed E-state index contributed by atoms with van der Waals surface area (Å²) in [5.74, 6) is -5.12. The Morgan fingerprint density at radius 3 is 2.10 bits per heavy atom. The number of hydrogen-bond acceptors (Lipinski definition) is 8. The Balaban J connectivity index is 3.15. The smallest absolute Gasteiger partial charge is 0.336 e. The number of aliphatic imine (C=N–C) groups is 1. The lowest BCUT2D eigenvalue weighted by molar-refractivity contribution is -0.160. The number of rotatable bonds is 10. The van der Waals surface area contributed by atoms with Crippen LogP contribution < -0.4 is 0 Å². The molecule has 2 atom stereocenters. The second kappa shape index (κ2) is 12.1. The summed E-state index contributed by atoms with van der Waals surface area (Å²) >= 11 is 0. The zero-order valence-corrected chi connectivity index (χ0v) is 18.6. The molecule has 0 saturated heterocycles. The topological polar surface area (TPSA) is 112 Å². The number of hydrogen-bond donors (Lipinski definition) is 0. The molecule has 0 fully saturated rings. The van der Waals surface area contributed by atoms with Crippen molar-refractivity contribution in [2.24, 2.45) is 16.8 Å². The van der Waals surface area contributed by atoms with Crippen LogP contribution in [0, 0.1) is 11.8 Å². The molecule has 0 bridgehead atoms. The van der Waals surface area contributed by atoms with Gasteiger partial charge in [0.25, 0.3) is 5.91 Å². The van der Waals surface area contributed by atoms with Crippen molar-refractivity contribution in [3.05, 3.63) is 11.3 Å². The molecule has 1 unspecified atom stereocenters. The average molecular weight is 424 g/mol. The number of carbonyl (C=O) groups excluding carboxylic acids is 4. The molecular formula is C21H32N2O7. The quantitative estimate of drug-likeness (QED) is 0.389. The highest BCUT2D eigenvalue weighted by Crippen LogP contribution is 2.33. The minimum atomic E-state index is -1.30. The second-order valence-corrected chi connectivity index (χ2v) is 6.96. The minimum absolute atomic E-state index is 0.0581. The van der Waals surface area contributed by atoms with E-state index in [4.69, 9.17) is 14.2 Å². The van der Waals surface area contributed by atoms with Crippen molar-refractivity contribution in [1.82, 2.24) is 4.90 Å². The van der Waals surface area contributed by atoms with Crippen LogP contribution in [-0.2, 0) is 33.4 Å². The van der Waals surface area contributed by atoms with Gasteiger partial charge in [0.15, 0.2) is 6.61 Å². The van der Waals surface area contributed by atoms with Crippen LogP contribution >= 0.6 is 0 Å². The summed E-state index contributed by atoms with van der Waals surface area (Å²) in [6.45, 7) is 8.65. The number of likely N-dealkylation sites (N-methyl/N-ethyl adjacent to an activating group) is 1. The van der Waals surface area contributed by atoms with Crippen LogP contribution in [0.15, 0.2) is 16.3 Å². The maximum Gasteiger partial charge on any atom is 0.336 e. The highest BCUT2D eigenvalue weighted by molar-refractivity contribution is 6.10. The van der Waals surface area contributed by atoms with Gasteiger partial charge in [0.1, 0.15) is 11.8 Å². The molecule has 0 aliphatic carbocycles. The number of nitrogens with zero attached hydrogens (tertiary/aromatic N) is 2. The molecule has 0 N–H and O–H groups in total. The van der Waals surface area contributed by atoms with Crippen molar-refractivity contribution < 1.29 is 33.4 Å². The number of esters is 3. The molecule has 1 aliphatic heterocycles. The van der Waals surface area contributed by atoms with Crippen LogP contribution in [0.1, 0.15) is 47.5 Å². The van der Waals surface area contributed by atoms with E-state index in [0.717, 1.165) is 12.8 Å². The molecule has 9 heteroatoms. The average Bonchev–Trinajstić information content (AvgIpc) is 2.69. The van der Waals surface area contributed by atoms with E-state index in [2.05, 4.69) is 4.99 Å². The fourth-order valence-electron chi connectivity index (χ4n) is 3.16. The Bertz CT molecular complexity index is 727. The Labute approximate surface area is 177 Å². The Morgan fingerprint density at radius 1 is 0.933 bits per heavy atom. The molecule has 1 aliphatic rings. The third-order valence-electron chi connectivity index (χ3n) is 4.73. The Hall–Kier alpha value is -2.71. The third kappa shape index (κ3) is 6.40. The maximum absolute atomic E-state index is 13.0. The molecule has 30 heavy (non-hydrogen) atoms. The van der Waals surface area contributed by atoms with Gasteiger partial charge in [-0.2, -0.15) is 0 Å². The van der Waals surface area contributed by atoms with Crippen LogP contribution in [0.25, 0.3) is 0 Å². The summed E-state index contributed by atoms with van der Waals surface area (Å²) in [5, 5.41) is 0. The predicted octanol–water partition coefficient (Wildman–Crippen LogP) is 1.90. The van der Waals surface area contributed by atoms with Gasteiger partial charge in [0.05, 0.1) is 18.8 Å². The summed E-state index contributed by atoms with van der Waals surface area (Å²) in [6.07, 6.45) is 1.75. The van der Waals surface area contributed by atoms with Gasteiger partial charge in [-0.25, -0.2) is 4.79 Å². The van der Waals surface area contributed by atoms with Crippen molar-refractivity contribution in [2.45, 2.75) is 47.5 Å². The second-order valence-electron chi connectivity index (χ2n) is 6.96. The van der Waals surface area contributed by atoms with E-state index in [0.29, 0.717) is 12.3 Å². The van der Waals surface area contributed by atoms with E-state index in [1.165, 1.54) is 4.90 Å². The van der Waals surface area contributed by atoms with Gasteiger partial charge in [-0.3, -0.25) is 19.4 Å². The standard InChI is InChI=1S/C21H32N2O7/c1-7-10-11-23(6)15(24)12-30-21(27)18-16(19(25)28-8-2)13(4)22-14(5)17(18)20(26)29-9-3/h16,18H,7-12H2,1-6H3/t16?,18-/m0/s1. The lowest BCUT2D eigenvalue weighted by atomic mass is 9.79. The molecule has 0 aromatic heterocycles. The van der Waals surface area contributed by atoms with Crippen molar-refractivity contribution in [3.63, 3.8) is 0 Å². The molecule has 1 rings (SSSR count). The summed E-state index contributed by atoms with van der Waals surface area (Å²) in [7, 11) is 1.62. The third-order valence-corrected chi connectivity index (χ3v) is 4.73. The molecule has 0 aromatic carbocycles. The molecule has 1 heterocycles. The molecule has 9 nitrogen and oxygen atoms in total. The van der Waals surface area contributed by atoms with Gasteiger partial charge < -0.3 is 19.1 Å². The van der Waals surface area contributed by atoms with Gasteiger partial charge in [-0.15, -0.1) is 0 Å². The molecular weight excluding hydrogens is 392 g/mol. The van der Waals surface area contributed by atoms with Crippen LogP contribution in [0.3, 0.4) is 0 Å². The van der Waals surface area contributed by atoms with Crippen molar-refractivity contribution in [3.8, 4) is 0 Å². The first kappa shape index (κ1) is 25.3. The monoisotopic (exact) mass is 424 g/mol. The lowest BCUT2D eigenvalue weighted by Gasteiger charge is -2.29. The number of amides is 1. The number of allylic oxidation sites excluding steroid dienone is 1.